The third kappa shape index (κ3) is 5.78. The monoisotopic (exact) mass is 405 g/mol. The lowest BCUT2D eigenvalue weighted by Crippen LogP contribution is -2.08. The molecular weight excluding hydrogens is 374 g/mol. The van der Waals surface area contributed by atoms with Crippen molar-refractivity contribution < 1.29 is 9.53 Å². The molecule has 5 nitrogen and oxygen atoms in total. The van der Waals surface area contributed by atoms with Gasteiger partial charge in [-0.2, -0.15) is 0 Å². The van der Waals surface area contributed by atoms with E-state index in [-0.39, 0.29) is 5.78 Å². The molecule has 1 aromatic carbocycles. The van der Waals surface area contributed by atoms with E-state index in [9.17, 15) is 4.79 Å². The second-order valence-corrected chi connectivity index (χ2v) is 8.11. The molecule has 0 saturated carbocycles. The highest BCUT2D eigenvalue weighted by Gasteiger charge is 2.13. The lowest BCUT2D eigenvalue weighted by molar-refractivity contribution is -0.117. The van der Waals surface area contributed by atoms with Crippen molar-refractivity contribution in [3.63, 3.8) is 0 Å². The minimum absolute atomic E-state index is 0.254. The molecule has 30 heavy (non-hydrogen) atoms. The van der Waals surface area contributed by atoms with Gasteiger partial charge in [0.05, 0.1) is 13.2 Å². The Morgan fingerprint density at radius 2 is 1.90 bits per heavy atom. The van der Waals surface area contributed by atoms with E-state index in [1.165, 1.54) is 0 Å². The fourth-order valence-corrected chi connectivity index (χ4v) is 3.64. The summed E-state index contributed by atoms with van der Waals surface area (Å²) in [5, 5.41) is 0. The Bertz CT molecular complexity index is 976. The maximum atomic E-state index is 11.2. The van der Waals surface area contributed by atoms with E-state index in [0.29, 0.717) is 25.5 Å². The van der Waals surface area contributed by atoms with Crippen LogP contribution in [0.2, 0.25) is 0 Å². The number of carbonyl (C=O) groups excluding carboxylic acids is 1. The number of ether oxygens (including phenoxy) is 1. The van der Waals surface area contributed by atoms with Crippen LogP contribution in [0.4, 0.5) is 0 Å². The molecule has 0 fully saturated rings. The number of pyridine rings is 1. The van der Waals surface area contributed by atoms with E-state index in [1.807, 2.05) is 43.6 Å². The predicted octanol–water partition coefficient (Wildman–Crippen LogP) is 5.38. The molecule has 0 saturated heterocycles. The first-order valence-corrected chi connectivity index (χ1v) is 10.6. The van der Waals surface area contributed by atoms with Gasteiger partial charge in [-0.25, -0.2) is 4.98 Å². The van der Waals surface area contributed by atoms with Crippen molar-refractivity contribution in [3.8, 4) is 17.1 Å². The lowest BCUT2D eigenvalue weighted by atomic mass is 10.00. The van der Waals surface area contributed by atoms with Crippen LogP contribution in [-0.2, 0) is 11.3 Å². The number of aryl methyl sites for hydroxylation is 2. The van der Waals surface area contributed by atoms with Crippen LogP contribution in [0.1, 0.15) is 50.1 Å². The Labute approximate surface area is 179 Å². The third-order valence-corrected chi connectivity index (χ3v) is 5.26. The molecule has 1 atom stereocenters. The van der Waals surface area contributed by atoms with Crippen molar-refractivity contribution in [2.75, 3.05) is 6.61 Å². The van der Waals surface area contributed by atoms with Gasteiger partial charge in [-0.15, -0.1) is 0 Å². The zero-order chi connectivity index (χ0) is 21.5. The van der Waals surface area contributed by atoms with Crippen molar-refractivity contribution in [3.05, 3.63) is 65.7 Å². The molecule has 158 valence electrons. The van der Waals surface area contributed by atoms with Crippen molar-refractivity contribution in [2.45, 2.75) is 53.5 Å². The average Bonchev–Trinajstić information content (AvgIpc) is 3.07. The zero-order valence-electron chi connectivity index (χ0n) is 18.4. The van der Waals surface area contributed by atoms with Crippen LogP contribution in [0, 0.1) is 19.8 Å². The van der Waals surface area contributed by atoms with Crippen LogP contribution in [0.25, 0.3) is 11.4 Å². The van der Waals surface area contributed by atoms with E-state index in [2.05, 4.69) is 40.5 Å². The zero-order valence-corrected chi connectivity index (χ0v) is 18.4. The largest absolute Gasteiger partial charge is 0.493 e. The molecule has 0 aliphatic rings. The molecule has 3 aromatic rings. The molecule has 0 amide bonds. The maximum absolute atomic E-state index is 11.2. The van der Waals surface area contributed by atoms with Crippen molar-refractivity contribution in [1.29, 1.82) is 0 Å². The number of hydrogen-bond acceptors (Lipinski definition) is 4. The van der Waals surface area contributed by atoms with E-state index in [4.69, 9.17) is 4.74 Å². The Morgan fingerprint density at radius 3 is 2.63 bits per heavy atom. The molecule has 0 bridgehead atoms. The highest BCUT2D eigenvalue weighted by atomic mass is 16.5. The molecule has 3 rings (SSSR count). The van der Waals surface area contributed by atoms with Crippen LogP contribution in [0.5, 0.6) is 5.75 Å². The first-order chi connectivity index (χ1) is 14.4. The summed E-state index contributed by atoms with van der Waals surface area (Å²) in [6.07, 6.45) is 6.35. The summed E-state index contributed by atoms with van der Waals surface area (Å²) in [6.45, 7) is 9.16. The Hall–Kier alpha value is -2.95. The van der Waals surface area contributed by atoms with Gasteiger partial charge < -0.3 is 14.1 Å². The Morgan fingerprint density at radius 1 is 1.10 bits per heavy atom. The van der Waals surface area contributed by atoms with Crippen LogP contribution in [-0.4, -0.2) is 26.9 Å². The summed E-state index contributed by atoms with van der Waals surface area (Å²) < 4.78 is 8.31. The maximum Gasteiger partial charge on any atom is 0.141 e. The number of para-hydroxylation sites is 1. The highest BCUT2D eigenvalue weighted by molar-refractivity contribution is 5.75. The molecule has 0 radical (unpaired) electrons. The molecular formula is C25H31N3O2. The van der Waals surface area contributed by atoms with Gasteiger partial charge >= 0.3 is 0 Å². The number of carbonyl (C=O) groups is 1. The number of rotatable bonds is 10. The van der Waals surface area contributed by atoms with Gasteiger partial charge in [0.15, 0.2) is 0 Å². The van der Waals surface area contributed by atoms with Gasteiger partial charge in [-0.1, -0.05) is 25.1 Å². The summed E-state index contributed by atoms with van der Waals surface area (Å²) in [6, 6.07) is 12.2. The van der Waals surface area contributed by atoms with Crippen LogP contribution in [0.3, 0.4) is 0 Å². The van der Waals surface area contributed by atoms with Crippen molar-refractivity contribution in [2.24, 2.45) is 5.92 Å². The highest BCUT2D eigenvalue weighted by Crippen LogP contribution is 2.25. The fraction of sp³-hybridized carbons (Fsp3) is 0.400. The molecule has 2 aromatic heterocycles. The molecule has 5 heteroatoms. The third-order valence-electron chi connectivity index (χ3n) is 5.26. The lowest BCUT2D eigenvalue weighted by Gasteiger charge is -2.15. The summed E-state index contributed by atoms with van der Waals surface area (Å²) >= 11 is 0. The first-order valence-electron chi connectivity index (χ1n) is 10.6. The molecule has 2 heterocycles. The molecule has 0 unspecified atom stereocenters. The van der Waals surface area contributed by atoms with Crippen LogP contribution in [0.15, 0.2) is 48.8 Å². The second kappa shape index (κ2) is 10.2. The van der Waals surface area contributed by atoms with Crippen LogP contribution < -0.4 is 4.74 Å². The smallest absolute Gasteiger partial charge is 0.141 e. The van der Waals surface area contributed by atoms with Crippen molar-refractivity contribution in [1.82, 2.24) is 14.5 Å². The number of Topliss-reactive ketones (excluding diaryl/α,β-unsaturated/α-hetero) is 1. The van der Waals surface area contributed by atoms with Gasteiger partial charge in [-0.3, -0.25) is 4.98 Å². The first kappa shape index (κ1) is 21.8. The van der Waals surface area contributed by atoms with E-state index < -0.39 is 0 Å². The molecule has 0 spiro atoms. The van der Waals surface area contributed by atoms with Gasteiger partial charge in [0.1, 0.15) is 17.4 Å². The molecule has 0 aliphatic heterocycles. The average molecular weight is 406 g/mol. The van der Waals surface area contributed by atoms with Gasteiger partial charge in [0.2, 0.25) is 0 Å². The minimum Gasteiger partial charge on any atom is -0.493 e. The molecule has 0 aliphatic carbocycles. The number of aromatic nitrogens is 3. The molecule has 0 N–H and O–H groups in total. The van der Waals surface area contributed by atoms with E-state index >= 15 is 0 Å². The van der Waals surface area contributed by atoms with Gasteiger partial charge in [0.25, 0.3) is 0 Å². The summed E-state index contributed by atoms with van der Waals surface area (Å²) in [5.74, 6) is 2.47. The topological polar surface area (TPSA) is 57.0 Å². The van der Waals surface area contributed by atoms with Gasteiger partial charge in [-0.05, 0) is 57.7 Å². The predicted molar refractivity (Wildman–Crippen MR) is 120 cm³/mol. The minimum atomic E-state index is 0.254. The number of ketones is 1. The van der Waals surface area contributed by atoms with E-state index in [0.717, 1.165) is 46.9 Å². The Kier molecular flexibility index (Phi) is 7.39. The number of nitrogens with zero attached hydrogens (tertiary/aromatic N) is 3. The number of imidazole rings is 1. The number of benzene rings is 1. The Balaban J connectivity index is 1.69. The standard InChI is InChI=1S/C25H31N3O2/c1-18(14-21(4)29)8-7-13-30-24-10-6-5-9-23(24)17-28-20(3)15-27-25(28)22-12-11-19(2)26-16-22/h5-6,9-12,15-16,18H,7-8,13-14,17H2,1-4H3/t18-/m1/s1. The summed E-state index contributed by atoms with van der Waals surface area (Å²) in [4.78, 5) is 20.3. The number of hydrogen-bond donors (Lipinski definition) is 0. The SMILES string of the molecule is CC(=O)C[C@H](C)CCCOc1ccccc1Cn1c(C)cnc1-c1ccc(C)nc1. The normalized spacial score (nSPS) is 12.0. The van der Waals surface area contributed by atoms with E-state index in [1.54, 1.807) is 6.92 Å². The fourth-order valence-electron chi connectivity index (χ4n) is 3.64. The quantitative estimate of drug-likeness (QED) is 0.425. The second-order valence-electron chi connectivity index (χ2n) is 8.11. The summed E-state index contributed by atoms with van der Waals surface area (Å²) in [5.41, 5.74) is 4.21. The van der Waals surface area contributed by atoms with Crippen LogP contribution >= 0.6 is 0 Å². The van der Waals surface area contributed by atoms with Gasteiger partial charge in [0, 0.05) is 41.3 Å². The van der Waals surface area contributed by atoms with Crippen molar-refractivity contribution >= 4 is 5.78 Å². The summed E-state index contributed by atoms with van der Waals surface area (Å²) in [7, 11) is 0.